The van der Waals surface area contributed by atoms with Crippen LogP contribution in [0.25, 0.3) is 0 Å². The molecule has 1 aromatic heterocycles. The number of carbonyl (C=O) groups is 1. The van der Waals surface area contributed by atoms with Gasteiger partial charge in [0.05, 0.1) is 6.54 Å². The number of aromatic nitrogens is 2. The number of ether oxygens (including phenoxy) is 3. The Bertz CT molecular complexity index is 898. The Labute approximate surface area is 177 Å². The smallest absolute Gasteiger partial charge is 0.316 e. The van der Waals surface area contributed by atoms with Gasteiger partial charge in [-0.25, -0.2) is 9.97 Å². The van der Waals surface area contributed by atoms with E-state index >= 15 is 0 Å². The van der Waals surface area contributed by atoms with Gasteiger partial charge in [0.2, 0.25) is 0 Å². The van der Waals surface area contributed by atoms with Crippen LogP contribution in [0.3, 0.4) is 0 Å². The number of hydrogen-bond acceptors (Lipinski definition) is 6. The summed E-state index contributed by atoms with van der Waals surface area (Å²) in [4.78, 5) is 23.1. The number of fused-ring (bicyclic) bond motifs is 1. The molecule has 2 aliphatic rings. The predicted octanol–water partition coefficient (Wildman–Crippen LogP) is 3.20. The van der Waals surface area contributed by atoms with Gasteiger partial charge in [0.1, 0.15) is 11.7 Å². The number of aryl methyl sites for hydroxylation is 1. The third kappa shape index (κ3) is 4.66. The zero-order valence-electron chi connectivity index (χ0n) is 17.9. The van der Waals surface area contributed by atoms with Gasteiger partial charge in [-0.15, -0.1) is 0 Å². The molecule has 1 aromatic carbocycles. The van der Waals surface area contributed by atoms with Crippen LogP contribution >= 0.6 is 0 Å². The summed E-state index contributed by atoms with van der Waals surface area (Å²) in [7, 11) is 0. The first-order valence-electron chi connectivity index (χ1n) is 10.6. The number of carbonyl (C=O) groups excluding carboxylic acids is 1. The van der Waals surface area contributed by atoms with Crippen LogP contribution in [0.4, 0.5) is 0 Å². The lowest BCUT2D eigenvalue weighted by Crippen LogP contribution is -2.46. The SMILES string of the molecule is CCc1cnc(OC2CCCN(C(=O)COc3cccc4c3OC(C)(C)C4)C2)nc1. The van der Waals surface area contributed by atoms with E-state index in [4.69, 9.17) is 14.2 Å². The highest BCUT2D eigenvalue weighted by Crippen LogP contribution is 2.41. The van der Waals surface area contributed by atoms with Gasteiger partial charge in [0.15, 0.2) is 18.1 Å². The molecule has 0 N–H and O–H groups in total. The molecule has 1 atom stereocenters. The summed E-state index contributed by atoms with van der Waals surface area (Å²) < 4.78 is 17.8. The van der Waals surface area contributed by atoms with Gasteiger partial charge in [0, 0.05) is 30.9 Å². The number of para-hydroxylation sites is 1. The van der Waals surface area contributed by atoms with Crippen molar-refractivity contribution >= 4 is 5.91 Å². The number of benzene rings is 1. The topological polar surface area (TPSA) is 73.8 Å². The normalized spacial score (nSPS) is 19.7. The molecule has 0 aliphatic carbocycles. The molecule has 0 radical (unpaired) electrons. The highest BCUT2D eigenvalue weighted by Gasteiger charge is 2.33. The predicted molar refractivity (Wildman–Crippen MR) is 112 cm³/mol. The largest absolute Gasteiger partial charge is 0.483 e. The average Bonchev–Trinajstić information content (AvgIpc) is 3.07. The maximum Gasteiger partial charge on any atom is 0.316 e. The van der Waals surface area contributed by atoms with Crippen molar-refractivity contribution in [3.63, 3.8) is 0 Å². The monoisotopic (exact) mass is 411 g/mol. The molecule has 160 valence electrons. The first-order chi connectivity index (χ1) is 14.4. The molecule has 1 fully saturated rings. The Balaban J connectivity index is 1.32. The van der Waals surface area contributed by atoms with Crippen LogP contribution in [0, 0.1) is 0 Å². The lowest BCUT2D eigenvalue weighted by molar-refractivity contribution is -0.136. The fourth-order valence-electron chi connectivity index (χ4n) is 3.93. The van der Waals surface area contributed by atoms with E-state index in [1.165, 1.54) is 0 Å². The van der Waals surface area contributed by atoms with Crippen molar-refractivity contribution in [2.24, 2.45) is 0 Å². The van der Waals surface area contributed by atoms with E-state index in [2.05, 4.69) is 30.7 Å². The van der Waals surface area contributed by atoms with Crippen LogP contribution in [-0.2, 0) is 17.6 Å². The molecule has 0 spiro atoms. The van der Waals surface area contributed by atoms with Gasteiger partial charge < -0.3 is 19.1 Å². The number of nitrogens with zero attached hydrogens (tertiary/aromatic N) is 3. The van der Waals surface area contributed by atoms with Crippen molar-refractivity contribution in [3.8, 4) is 17.5 Å². The minimum Gasteiger partial charge on any atom is -0.483 e. The zero-order valence-corrected chi connectivity index (χ0v) is 17.9. The molecule has 0 saturated carbocycles. The lowest BCUT2D eigenvalue weighted by Gasteiger charge is -2.32. The van der Waals surface area contributed by atoms with Crippen LogP contribution in [0.15, 0.2) is 30.6 Å². The van der Waals surface area contributed by atoms with Gasteiger partial charge in [-0.3, -0.25) is 4.79 Å². The molecule has 4 rings (SSSR count). The van der Waals surface area contributed by atoms with Crippen molar-refractivity contribution < 1.29 is 19.0 Å². The Hall–Kier alpha value is -2.83. The van der Waals surface area contributed by atoms with E-state index in [9.17, 15) is 4.79 Å². The summed E-state index contributed by atoms with van der Waals surface area (Å²) in [5, 5.41) is 0. The van der Waals surface area contributed by atoms with Crippen molar-refractivity contribution in [3.05, 3.63) is 41.7 Å². The maximum absolute atomic E-state index is 12.8. The average molecular weight is 412 g/mol. The minimum atomic E-state index is -0.249. The van der Waals surface area contributed by atoms with E-state index < -0.39 is 0 Å². The summed E-state index contributed by atoms with van der Waals surface area (Å²) in [5.74, 6) is 1.32. The van der Waals surface area contributed by atoms with E-state index in [0.29, 0.717) is 24.8 Å². The maximum atomic E-state index is 12.8. The molecule has 3 heterocycles. The number of hydrogen-bond donors (Lipinski definition) is 0. The fraction of sp³-hybridized carbons (Fsp3) is 0.522. The van der Waals surface area contributed by atoms with Crippen LogP contribution in [0.1, 0.15) is 44.7 Å². The van der Waals surface area contributed by atoms with Crippen LogP contribution in [0.5, 0.6) is 17.5 Å². The number of rotatable bonds is 6. The van der Waals surface area contributed by atoms with E-state index in [-0.39, 0.29) is 24.2 Å². The van der Waals surface area contributed by atoms with Crippen molar-refractivity contribution in [2.75, 3.05) is 19.7 Å². The molecule has 1 saturated heterocycles. The quantitative estimate of drug-likeness (QED) is 0.727. The van der Waals surface area contributed by atoms with E-state index in [1.807, 2.05) is 18.2 Å². The highest BCUT2D eigenvalue weighted by molar-refractivity contribution is 5.78. The minimum absolute atomic E-state index is 0.0192. The second-order valence-corrected chi connectivity index (χ2v) is 8.52. The number of likely N-dealkylation sites (tertiary alicyclic amines) is 1. The third-order valence-electron chi connectivity index (χ3n) is 5.50. The number of amides is 1. The molecule has 2 aliphatic heterocycles. The second kappa shape index (κ2) is 8.50. The first kappa shape index (κ1) is 20.4. The standard InChI is InChI=1S/C23H29N3O4/c1-4-16-12-24-22(25-13-16)29-18-8-6-10-26(14-18)20(27)15-28-19-9-5-7-17-11-23(2,3)30-21(17)19/h5,7,9,12-13,18H,4,6,8,10-11,14-15H2,1-3H3. The first-order valence-corrected chi connectivity index (χ1v) is 10.6. The Morgan fingerprint density at radius 1 is 1.30 bits per heavy atom. The second-order valence-electron chi connectivity index (χ2n) is 8.52. The van der Waals surface area contributed by atoms with Crippen molar-refractivity contribution in [2.45, 2.75) is 58.2 Å². The Morgan fingerprint density at radius 2 is 2.10 bits per heavy atom. The van der Waals surface area contributed by atoms with Crippen LogP contribution in [0.2, 0.25) is 0 Å². The molecule has 30 heavy (non-hydrogen) atoms. The van der Waals surface area contributed by atoms with E-state index in [1.54, 1.807) is 17.3 Å². The van der Waals surface area contributed by atoms with Gasteiger partial charge in [-0.05, 0) is 44.7 Å². The Morgan fingerprint density at radius 3 is 2.87 bits per heavy atom. The molecule has 1 amide bonds. The van der Waals surface area contributed by atoms with Crippen LogP contribution < -0.4 is 14.2 Å². The summed E-state index contributed by atoms with van der Waals surface area (Å²) in [5.41, 5.74) is 1.94. The molecule has 1 unspecified atom stereocenters. The Kier molecular flexibility index (Phi) is 5.79. The lowest BCUT2D eigenvalue weighted by atomic mass is 10.0. The van der Waals surface area contributed by atoms with Gasteiger partial charge >= 0.3 is 6.01 Å². The molecule has 0 bridgehead atoms. The fourth-order valence-corrected chi connectivity index (χ4v) is 3.93. The highest BCUT2D eigenvalue weighted by atomic mass is 16.5. The van der Waals surface area contributed by atoms with Crippen LogP contribution in [-0.4, -0.2) is 52.2 Å². The number of piperidine rings is 1. The van der Waals surface area contributed by atoms with E-state index in [0.717, 1.165) is 42.6 Å². The van der Waals surface area contributed by atoms with Crippen molar-refractivity contribution in [1.29, 1.82) is 0 Å². The summed E-state index contributed by atoms with van der Waals surface area (Å²) in [6.45, 7) is 7.35. The van der Waals surface area contributed by atoms with Gasteiger partial charge in [-0.1, -0.05) is 19.1 Å². The molecule has 7 heteroatoms. The van der Waals surface area contributed by atoms with Gasteiger partial charge in [0.25, 0.3) is 5.91 Å². The molecule has 2 aromatic rings. The molecular weight excluding hydrogens is 382 g/mol. The summed E-state index contributed by atoms with van der Waals surface area (Å²) >= 11 is 0. The third-order valence-corrected chi connectivity index (χ3v) is 5.50. The molecular formula is C23H29N3O4. The zero-order chi connectivity index (χ0) is 21.1. The summed E-state index contributed by atoms with van der Waals surface area (Å²) in [6.07, 6.45) is 6.92. The molecule has 7 nitrogen and oxygen atoms in total. The summed E-state index contributed by atoms with van der Waals surface area (Å²) in [6, 6.07) is 6.20. The van der Waals surface area contributed by atoms with Gasteiger partial charge in [-0.2, -0.15) is 0 Å². The van der Waals surface area contributed by atoms with Crippen molar-refractivity contribution in [1.82, 2.24) is 14.9 Å².